The van der Waals surface area contributed by atoms with Gasteiger partial charge < -0.3 is 19.0 Å². The van der Waals surface area contributed by atoms with Crippen LogP contribution in [-0.4, -0.2) is 43.2 Å². The molecule has 17 heavy (non-hydrogen) atoms. The van der Waals surface area contributed by atoms with Crippen LogP contribution in [0.1, 0.15) is 12.8 Å². The predicted molar refractivity (Wildman–Crippen MR) is 72.7 cm³/mol. The number of carbonyl (C=O) groups is 1. The van der Waals surface area contributed by atoms with E-state index in [9.17, 15) is 4.79 Å². The topological polar surface area (TPSA) is 70.8 Å². The van der Waals surface area contributed by atoms with Crippen molar-refractivity contribution in [2.24, 2.45) is 5.73 Å². The fourth-order valence-electron chi connectivity index (χ4n) is 1.61. The Balaban J connectivity index is 4.49. The third-order valence-electron chi connectivity index (χ3n) is 2.66. The van der Waals surface area contributed by atoms with Crippen molar-refractivity contribution in [1.29, 1.82) is 0 Å². The summed E-state index contributed by atoms with van der Waals surface area (Å²) in [6.45, 7) is 6.34. The van der Waals surface area contributed by atoms with Crippen LogP contribution in [0.2, 0.25) is 25.7 Å². The molecule has 2 N–H and O–H groups in total. The van der Waals surface area contributed by atoms with E-state index in [0.717, 1.165) is 18.9 Å². The molecule has 0 aliphatic rings. The molecule has 0 aromatic heterocycles. The fraction of sp³-hybridized carbons (Fsp3) is 0.900. The minimum absolute atomic E-state index is 0.243. The number of hydrogen-bond donors (Lipinski definition) is 1. The van der Waals surface area contributed by atoms with E-state index in [4.69, 9.17) is 19.0 Å². The standard InChI is InChI=1S/C10H25NO4Si2/c1-13-10(12)16(3,4)15-17(5,14-2)9-7-6-8-11/h6-9,11H2,1-5H3. The van der Waals surface area contributed by atoms with Crippen molar-refractivity contribution in [3.63, 3.8) is 0 Å². The second kappa shape index (κ2) is 7.27. The molecule has 1 unspecified atom stereocenters. The normalized spacial score (nSPS) is 15.4. The van der Waals surface area contributed by atoms with Gasteiger partial charge in [-0.2, -0.15) is 0 Å². The van der Waals surface area contributed by atoms with Crippen LogP contribution in [0.3, 0.4) is 0 Å². The SMILES string of the molecule is COC(=O)[Si](C)(C)O[Si](C)(CCCCN)OC. The first-order valence-corrected chi connectivity index (χ1v) is 11.3. The van der Waals surface area contributed by atoms with E-state index in [1.165, 1.54) is 7.11 Å². The summed E-state index contributed by atoms with van der Waals surface area (Å²) >= 11 is 0. The van der Waals surface area contributed by atoms with Crippen LogP contribution in [0.4, 0.5) is 4.79 Å². The average molecular weight is 279 g/mol. The van der Waals surface area contributed by atoms with Crippen molar-refractivity contribution < 1.29 is 18.1 Å². The van der Waals surface area contributed by atoms with Crippen LogP contribution in [0, 0.1) is 0 Å². The maximum atomic E-state index is 11.6. The maximum Gasteiger partial charge on any atom is 0.324 e. The highest BCUT2D eigenvalue weighted by Crippen LogP contribution is 2.22. The Labute approximate surface area is 106 Å². The smallest absolute Gasteiger partial charge is 0.324 e. The summed E-state index contributed by atoms with van der Waals surface area (Å²) in [5.41, 5.74) is 5.22. The molecule has 5 nitrogen and oxygen atoms in total. The van der Waals surface area contributed by atoms with Crippen molar-refractivity contribution in [2.45, 2.75) is 38.5 Å². The lowest BCUT2D eigenvalue weighted by Crippen LogP contribution is -2.52. The van der Waals surface area contributed by atoms with Crippen molar-refractivity contribution in [1.82, 2.24) is 0 Å². The quantitative estimate of drug-likeness (QED) is 0.543. The van der Waals surface area contributed by atoms with Gasteiger partial charge in [0.15, 0.2) is 0 Å². The Morgan fingerprint density at radius 3 is 2.18 bits per heavy atom. The van der Waals surface area contributed by atoms with E-state index in [1.54, 1.807) is 7.11 Å². The number of rotatable bonds is 8. The van der Waals surface area contributed by atoms with E-state index in [2.05, 4.69) is 0 Å². The van der Waals surface area contributed by atoms with Crippen LogP contribution < -0.4 is 5.73 Å². The zero-order valence-electron chi connectivity index (χ0n) is 11.5. The number of nitrogens with two attached hydrogens (primary N) is 1. The first-order valence-electron chi connectivity index (χ1n) is 5.85. The van der Waals surface area contributed by atoms with E-state index in [1.807, 2.05) is 19.6 Å². The van der Waals surface area contributed by atoms with Crippen LogP contribution in [0.25, 0.3) is 0 Å². The second-order valence-corrected chi connectivity index (χ2v) is 12.1. The molecular formula is C10H25NO4Si2. The Hall–Kier alpha value is -0.216. The van der Waals surface area contributed by atoms with E-state index in [-0.39, 0.29) is 5.59 Å². The van der Waals surface area contributed by atoms with E-state index >= 15 is 0 Å². The lowest BCUT2D eigenvalue weighted by molar-refractivity contribution is 0.189. The van der Waals surface area contributed by atoms with Gasteiger partial charge in [0, 0.05) is 7.11 Å². The zero-order chi connectivity index (χ0) is 13.5. The molecule has 0 aliphatic carbocycles. The molecule has 0 amide bonds. The van der Waals surface area contributed by atoms with Crippen LogP contribution in [0.5, 0.6) is 0 Å². The van der Waals surface area contributed by atoms with E-state index < -0.39 is 16.9 Å². The molecule has 0 heterocycles. The Kier molecular flexibility index (Phi) is 7.18. The van der Waals surface area contributed by atoms with Crippen molar-refractivity contribution in [3.05, 3.63) is 0 Å². The van der Waals surface area contributed by atoms with Gasteiger partial charge in [-0.05, 0) is 38.7 Å². The van der Waals surface area contributed by atoms with Gasteiger partial charge >= 0.3 is 22.5 Å². The van der Waals surface area contributed by atoms with Gasteiger partial charge in [0.2, 0.25) is 0 Å². The molecule has 0 saturated carbocycles. The minimum atomic E-state index is -2.48. The lowest BCUT2D eigenvalue weighted by atomic mass is 10.3. The highest BCUT2D eigenvalue weighted by atomic mass is 28.4. The fourth-order valence-corrected chi connectivity index (χ4v) is 8.59. The molecular weight excluding hydrogens is 254 g/mol. The summed E-state index contributed by atoms with van der Waals surface area (Å²) in [6.07, 6.45) is 1.92. The number of unbranched alkanes of at least 4 members (excludes halogenated alkanes) is 1. The van der Waals surface area contributed by atoms with Crippen LogP contribution >= 0.6 is 0 Å². The molecule has 0 aromatic carbocycles. The predicted octanol–water partition coefficient (Wildman–Crippen LogP) is 2.01. The highest BCUT2D eigenvalue weighted by molar-refractivity contribution is 7.02. The molecule has 0 rings (SSSR count). The first-order chi connectivity index (χ1) is 7.81. The molecule has 0 bridgehead atoms. The van der Waals surface area contributed by atoms with Crippen molar-refractivity contribution >= 4 is 22.5 Å². The summed E-state index contributed by atoms with van der Waals surface area (Å²) in [4.78, 5) is 11.6. The second-order valence-electron chi connectivity index (χ2n) is 4.69. The maximum absolute atomic E-state index is 11.6. The van der Waals surface area contributed by atoms with Crippen molar-refractivity contribution in [3.8, 4) is 0 Å². The molecule has 0 saturated heterocycles. The van der Waals surface area contributed by atoms with Gasteiger partial charge in [-0.25, -0.2) is 0 Å². The Morgan fingerprint density at radius 2 is 1.76 bits per heavy atom. The minimum Gasteiger partial charge on any atom is -0.471 e. The molecule has 102 valence electrons. The summed E-state index contributed by atoms with van der Waals surface area (Å²) < 4.78 is 16.3. The average Bonchev–Trinajstić information content (AvgIpc) is 2.27. The molecule has 0 spiro atoms. The molecule has 7 heteroatoms. The van der Waals surface area contributed by atoms with E-state index in [0.29, 0.717) is 6.54 Å². The van der Waals surface area contributed by atoms with Gasteiger partial charge in [-0.1, -0.05) is 6.42 Å². The molecule has 1 atom stereocenters. The van der Waals surface area contributed by atoms with Gasteiger partial charge in [0.25, 0.3) is 0 Å². The van der Waals surface area contributed by atoms with Crippen LogP contribution in [0.15, 0.2) is 0 Å². The lowest BCUT2D eigenvalue weighted by Gasteiger charge is -2.32. The summed E-state index contributed by atoms with van der Waals surface area (Å²) in [7, 11) is -1.71. The summed E-state index contributed by atoms with van der Waals surface area (Å²) in [6, 6.07) is 0.855. The summed E-state index contributed by atoms with van der Waals surface area (Å²) in [5.74, 6) is 0. The number of ether oxygens (including phenoxy) is 1. The molecule has 0 aliphatic heterocycles. The van der Waals surface area contributed by atoms with Gasteiger partial charge in [-0.15, -0.1) is 0 Å². The molecule has 0 fully saturated rings. The number of methoxy groups -OCH3 is 1. The summed E-state index contributed by atoms with van der Waals surface area (Å²) in [5, 5.41) is 0. The number of carbonyl (C=O) groups excluding carboxylic acids is 1. The Bertz CT molecular complexity index is 250. The van der Waals surface area contributed by atoms with Crippen LogP contribution in [-0.2, 0) is 13.3 Å². The zero-order valence-corrected chi connectivity index (χ0v) is 13.5. The monoisotopic (exact) mass is 279 g/mol. The third kappa shape index (κ3) is 5.78. The molecule has 0 aromatic rings. The third-order valence-corrected chi connectivity index (χ3v) is 9.75. The van der Waals surface area contributed by atoms with Gasteiger partial charge in [0.05, 0.1) is 7.11 Å². The highest BCUT2D eigenvalue weighted by Gasteiger charge is 2.43. The van der Waals surface area contributed by atoms with Gasteiger partial charge in [0.1, 0.15) is 0 Å². The molecule has 0 radical (unpaired) electrons. The van der Waals surface area contributed by atoms with Gasteiger partial charge in [-0.3, -0.25) is 4.79 Å². The largest absolute Gasteiger partial charge is 0.471 e. The Morgan fingerprint density at radius 1 is 1.18 bits per heavy atom. The first kappa shape index (κ1) is 16.8. The van der Waals surface area contributed by atoms with Crippen molar-refractivity contribution in [2.75, 3.05) is 20.8 Å². The number of hydrogen-bond acceptors (Lipinski definition) is 5.